The van der Waals surface area contributed by atoms with E-state index in [1.807, 2.05) is 38.1 Å². The molecule has 0 aromatic heterocycles. The maximum Gasteiger partial charge on any atom is 0.242 e. The molecule has 162 valence electrons. The smallest absolute Gasteiger partial charge is 0.242 e. The maximum atomic E-state index is 13.3. The minimum absolute atomic E-state index is 0.0366. The van der Waals surface area contributed by atoms with Crippen molar-refractivity contribution in [1.29, 1.82) is 0 Å². The Balaban J connectivity index is 2.06. The van der Waals surface area contributed by atoms with E-state index >= 15 is 0 Å². The lowest BCUT2D eigenvalue weighted by Gasteiger charge is -2.29. The minimum Gasteiger partial charge on any atom is -0.352 e. The fraction of sp³-hybridized carbons (Fsp3) is 0.391. The number of halogens is 2. The van der Waals surface area contributed by atoms with Gasteiger partial charge < -0.3 is 10.2 Å². The third kappa shape index (κ3) is 7.76. The van der Waals surface area contributed by atoms with Crippen LogP contribution in [0.25, 0.3) is 0 Å². The van der Waals surface area contributed by atoms with E-state index in [1.165, 1.54) is 23.9 Å². The predicted octanol–water partition coefficient (Wildman–Crippen LogP) is 5.15. The van der Waals surface area contributed by atoms with Crippen molar-refractivity contribution in [2.45, 2.75) is 51.6 Å². The normalized spacial score (nSPS) is 12.8. The van der Waals surface area contributed by atoms with Gasteiger partial charge in [0.25, 0.3) is 0 Å². The van der Waals surface area contributed by atoms with Crippen LogP contribution >= 0.6 is 27.7 Å². The molecular weight excluding hydrogens is 467 g/mol. The zero-order chi connectivity index (χ0) is 22.1. The molecule has 0 heterocycles. The molecule has 2 atom stereocenters. The Hall–Kier alpha value is -1.86. The summed E-state index contributed by atoms with van der Waals surface area (Å²) in [7, 11) is 0. The summed E-state index contributed by atoms with van der Waals surface area (Å²) < 4.78 is 14.3. The van der Waals surface area contributed by atoms with E-state index < -0.39 is 6.04 Å². The van der Waals surface area contributed by atoms with Crippen molar-refractivity contribution < 1.29 is 14.0 Å². The van der Waals surface area contributed by atoms with Crippen LogP contribution < -0.4 is 5.32 Å². The van der Waals surface area contributed by atoms with Gasteiger partial charge in [-0.3, -0.25) is 9.59 Å². The topological polar surface area (TPSA) is 49.4 Å². The summed E-state index contributed by atoms with van der Waals surface area (Å²) >= 11 is 4.93. The van der Waals surface area contributed by atoms with Gasteiger partial charge in [0.1, 0.15) is 11.9 Å². The van der Waals surface area contributed by atoms with E-state index in [1.54, 1.807) is 24.0 Å². The number of rotatable bonds is 10. The molecule has 2 aromatic carbocycles. The summed E-state index contributed by atoms with van der Waals surface area (Å²) in [6.45, 7) is 5.92. The lowest BCUT2D eigenvalue weighted by atomic mass is 10.1. The number of thioether (sulfide) groups is 1. The summed E-state index contributed by atoms with van der Waals surface area (Å²) in [6, 6.07) is 13.4. The standard InChI is InChI=1S/C23H28BrFN2O2S/c1-4-16(2)26-23(29)17(3)27(13-18-7-11-21(25)12-8-18)22(28)15-30-14-19-5-9-20(24)10-6-19/h5-12,16-17H,4,13-15H2,1-3H3,(H,26,29)/t16-,17-/m0/s1. The number of amides is 2. The molecule has 0 spiro atoms. The summed E-state index contributed by atoms with van der Waals surface area (Å²) in [5.41, 5.74) is 1.91. The highest BCUT2D eigenvalue weighted by Crippen LogP contribution is 2.18. The summed E-state index contributed by atoms with van der Waals surface area (Å²) in [6.07, 6.45) is 0.813. The molecule has 2 aromatic rings. The number of nitrogens with zero attached hydrogens (tertiary/aromatic N) is 1. The fourth-order valence-electron chi connectivity index (χ4n) is 2.75. The first kappa shape index (κ1) is 24.4. The Bertz CT molecular complexity index is 830. The molecule has 0 radical (unpaired) electrons. The number of hydrogen-bond donors (Lipinski definition) is 1. The van der Waals surface area contributed by atoms with Crippen LogP contribution in [0, 0.1) is 5.82 Å². The Morgan fingerprint density at radius 1 is 1.07 bits per heavy atom. The van der Waals surface area contributed by atoms with Crippen molar-refractivity contribution in [3.63, 3.8) is 0 Å². The molecule has 1 N–H and O–H groups in total. The Labute approximate surface area is 190 Å². The second-order valence-corrected chi connectivity index (χ2v) is 9.16. The van der Waals surface area contributed by atoms with Crippen molar-refractivity contribution in [3.05, 3.63) is 69.9 Å². The number of carbonyl (C=O) groups excluding carboxylic acids is 2. The zero-order valence-electron chi connectivity index (χ0n) is 17.5. The van der Waals surface area contributed by atoms with E-state index in [-0.39, 0.29) is 36.0 Å². The molecule has 0 saturated heterocycles. The van der Waals surface area contributed by atoms with Crippen LogP contribution in [-0.2, 0) is 21.9 Å². The lowest BCUT2D eigenvalue weighted by molar-refractivity contribution is -0.138. The number of nitrogens with one attached hydrogen (secondary N) is 1. The summed E-state index contributed by atoms with van der Waals surface area (Å²) in [5.74, 6) is 0.338. The predicted molar refractivity (Wildman–Crippen MR) is 125 cm³/mol. The molecule has 0 unspecified atom stereocenters. The first-order valence-electron chi connectivity index (χ1n) is 9.96. The van der Waals surface area contributed by atoms with E-state index in [2.05, 4.69) is 21.2 Å². The maximum absolute atomic E-state index is 13.3. The van der Waals surface area contributed by atoms with E-state index in [9.17, 15) is 14.0 Å². The Morgan fingerprint density at radius 2 is 1.67 bits per heavy atom. The summed E-state index contributed by atoms with van der Waals surface area (Å²) in [5, 5.41) is 2.94. The highest BCUT2D eigenvalue weighted by molar-refractivity contribution is 9.10. The van der Waals surface area contributed by atoms with Crippen LogP contribution in [0.3, 0.4) is 0 Å². The van der Waals surface area contributed by atoms with Gasteiger partial charge in [0.05, 0.1) is 5.75 Å². The van der Waals surface area contributed by atoms with Crippen molar-refractivity contribution in [3.8, 4) is 0 Å². The molecule has 0 saturated carbocycles. The Kier molecular flexibility index (Phi) is 9.85. The van der Waals surface area contributed by atoms with Crippen molar-refractivity contribution in [2.75, 3.05) is 5.75 Å². The molecule has 7 heteroatoms. The van der Waals surface area contributed by atoms with E-state index in [0.717, 1.165) is 22.0 Å². The number of carbonyl (C=O) groups is 2. The quantitative estimate of drug-likeness (QED) is 0.496. The second-order valence-electron chi connectivity index (χ2n) is 7.26. The monoisotopic (exact) mass is 494 g/mol. The minimum atomic E-state index is -0.621. The van der Waals surface area contributed by atoms with Crippen LogP contribution in [0.15, 0.2) is 53.0 Å². The van der Waals surface area contributed by atoms with E-state index in [4.69, 9.17) is 0 Å². The molecule has 4 nitrogen and oxygen atoms in total. The Morgan fingerprint density at radius 3 is 2.27 bits per heavy atom. The SMILES string of the molecule is CC[C@H](C)NC(=O)[C@H](C)N(Cc1ccc(F)cc1)C(=O)CSCc1ccc(Br)cc1. The highest BCUT2D eigenvalue weighted by atomic mass is 79.9. The van der Waals surface area contributed by atoms with Gasteiger partial charge in [-0.2, -0.15) is 0 Å². The average Bonchev–Trinajstić information content (AvgIpc) is 2.74. The van der Waals surface area contributed by atoms with Gasteiger partial charge >= 0.3 is 0 Å². The molecular formula is C23H28BrFN2O2S. The molecule has 2 rings (SSSR count). The largest absolute Gasteiger partial charge is 0.352 e. The van der Waals surface area contributed by atoms with Gasteiger partial charge in [-0.05, 0) is 55.7 Å². The average molecular weight is 495 g/mol. The molecule has 0 aliphatic carbocycles. The van der Waals surface area contributed by atoms with Crippen LogP contribution in [0.2, 0.25) is 0 Å². The first-order valence-corrected chi connectivity index (χ1v) is 11.9. The fourth-order valence-corrected chi connectivity index (χ4v) is 3.89. The molecule has 2 amide bonds. The van der Waals surface area contributed by atoms with Crippen LogP contribution in [0.4, 0.5) is 4.39 Å². The van der Waals surface area contributed by atoms with Gasteiger partial charge in [0.15, 0.2) is 0 Å². The molecule has 0 fully saturated rings. The van der Waals surface area contributed by atoms with Crippen molar-refractivity contribution in [2.24, 2.45) is 0 Å². The molecule has 30 heavy (non-hydrogen) atoms. The third-order valence-corrected chi connectivity index (χ3v) is 6.36. The molecule has 0 aliphatic rings. The number of hydrogen-bond acceptors (Lipinski definition) is 3. The third-order valence-electron chi connectivity index (χ3n) is 4.84. The van der Waals surface area contributed by atoms with Crippen LogP contribution in [0.5, 0.6) is 0 Å². The summed E-state index contributed by atoms with van der Waals surface area (Å²) in [4.78, 5) is 27.2. The van der Waals surface area contributed by atoms with Gasteiger partial charge in [-0.15, -0.1) is 11.8 Å². The lowest BCUT2D eigenvalue weighted by Crippen LogP contribution is -2.50. The van der Waals surface area contributed by atoms with Gasteiger partial charge in [-0.25, -0.2) is 4.39 Å². The van der Waals surface area contributed by atoms with E-state index in [0.29, 0.717) is 5.75 Å². The van der Waals surface area contributed by atoms with Crippen molar-refractivity contribution >= 4 is 39.5 Å². The van der Waals surface area contributed by atoms with Crippen LogP contribution in [0.1, 0.15) is 38.3 Å². The van der Waals surface area contributed by atoms with Gasteiger partial charge in [0.2, 0.25) is 11.8 Å². The molecule has 0 aliphatic heterocycles. The van der Waals surface area contributed by atoms with Gasteiger partial charge in [0, 0.05) is 22.8 Å². The molecule has 0 bridgehead atoms. The van der Waals surface area contributed by atoms with Crippen LogP contribution in [-0.4, -0.2) is 34.6 Å². The zero-order valence-corrected chi connectivity index (χ0v) is 19.9. The van der Waals surface area contributed by atoms with Gasteiger partial charge in [-0.1, -0.05) is 47.1 Å². The first-order chi connectivity index (χ1) is 14.3. The second kappa shape index (κ2) is 12.1. The number of benzene rings is 2. The highest BCUT2D eigenvalue weighted by Gasteiger charge is 2.26. The van der Waals surface area contributed by atoms with Crippen molar-refractivity contribution in [1.82, 2.24) is 10.2 Å².